The molecule has 0 spiro atoms. The molecule has 2 aromatic rings. The zero-order valence-corrected chi connectivity index (χ0v) is 16.2. The summed E-state index contributed by atoms with van der Waals surface area (Å²) in [7, 11) is -2.45. The fourth-order valence-corrected chi connectivity index (χ4v) is 3.67. The van der Waals surface area contributed by atoms with Gasteiger partial charge in [0.2, 0.25) is 15.9 Å². The average molecular weight is 376 g/mol. The van der Waals surface area contributed by atoms with E-state index in [-0.39, 0.29) is 17.2 Å². The van der Waals surface area contributed by atoms with Crippen LogP contribution >= 0.6 is 0 Å². The minimum absolute atomic E-state index is 0.0228. The third-order valence-corrected chi connectivity index (χ3v) is 5.49. The van der Waals surface area contributed by atoms with Gasteiger partial charge in [-0.15, -0.1) is 0 Å². The lowest BCUT2D eigenvalue weighted by Gasteiger charge is -2.13. The van der Waals surface area contributed by atoms with Gasteiger partial charge < -0.3 is 10.1 Å². The van der Waals surface area contributed by atoms with Crippen molar-refractivity contribution in [2.24, 2.45) is 0 Å². The first-order valence-corrected chi connectivity index (χ1v) is 9.68. The van der Waals surface area contributed by atoms with Gasteiger partial charge in [0.1, 0.15) is 10.6 Å². The lowest BCUT2D eigenvalue weighted by atomic mass is 10.1. The molecule has 0 saturated carbocycles. The van der Waals surface area contributed by atoms with E-state index in [4.69, 9.17) is 4.74 Å². The maximum atomic E-state index is 12.5. The number of amides is 1. The summed E-state index contributed by atoms with van der Waals surface area (Å²) in [6.07, 6.45) is 0. The summed E-state index contributed by atoms with van der Waals surface area (Å²) < 4.78 is 32.6. The van der Waals surface area contributed by atoms with Gasteiger partial charge in [0.15, 0.2) is 0 Å². The third-order valence-electron chi connectivity index (χ3n) is 4.06. The zero-order chi connectivity index (χ0) is 19.3. The summed E-state index contributed by atoms with van der Waals surface area (Å²) in [5, 5.41) is 2.70. The number of carbonyl (C=O) groups is 1. The Hall–Kier alpha value is -2.38. The number of nitrogens with one attached hydrogen (secondary N) is 2. The number of carbonyl (C=O) groups excluding carboxylic acids is 1. The molecule has 0 saturated heterocycles. The van der Waals surface area contributed by atoms with Crippen LogP contribution in [0.15, 0.2) is 41.3 Å². The van der Waals surface area contributed by atoms with Crippen molar-refractivity contribution in [2.75, 3.05) is 13.7 Å². The first-order chi connectivity index (χ1) is 12.2. The van der Waals surface area contributed by atoms with Crippen LogP contribution in [0.1, 0.15) is 22.3 Å². The SMILES string of the molecule is COc1cc(C)c(C)cc1S(=O)(=O)NCC(=O)NCc1cccc(C)c1. The van der Waals surface area contributed by atoms with Crippen molar-refractivity contribution in [2.45, 2.75) is 32.2 Å². The molecule has 0 radical (unpaired) electrons. The molecule has 2 aromatic carbocycles. The normalized spacial score (nSPS) is 11.2. The summed E-state index contributed by atoms with van der Waals surface area (Å²) in [6, 6.07) is 11.0. The highest BCUT2D eigenvalue weighted by Gasteiger charge is 2.21. The quantitative estimate of drug-likeness (QED) is 0.776. The molecule has 140 valence electrons. The summed E-state index contributed by atoms with van der Waals surface area (Å²) in [6.45, 7) is 5.67. The van der Waals surface area contributed by atoms with Crippen molar-refractivity contribution < 1.29 is 17.9 Å². The van der Waals surface area contributed by atoms with Crippen molar-refractivity contribution in [3.63, 3.8) is 0 Å². The van der Waals surface area contributed by atoms with E-state index in [1.54, 1.807) is 12.1 Å². The van der Waals surface area contributed by atoms with Gasteiger partial charge in [-0.2, -0.15) is 0 Å². The van der Waals surface area contributed by atoms with Crippen molar-refractivity contribution in [3.05, 3.63) is 58.7 Å². The summed E-state index contributed by atoms with van der Waals surface area (Å²) in [5.74, 6) is -0.154. The Morgan fingerprint density at radius 1 is 1.08 bits per heavy atom. The van der Waals surface area contributed by atoms with Crippen molar-refractivity contribution >= 4 is 15.9 Å². The highest BCUT2D eigenvalue weighted by Crippen LogP contribution is 2.27. The van der Waals surface area contributed by atoms with E-state index in [2.05, 4.69) is 10.0 Å². The molecule has 0 aliphatic rings. The van der Waals surface area contributed by atoms with Gasteiger partial charge in [0, 0.05) is 6.54 Å². The maximum absolute atomic E-state index is 12.5. The number of rotatable bonds is 7. The summed E-state index contributed by atoms with van der Waals surface area (Å²) >= 11 is 0. The van der Waals surface area contributed by atoms with Gasteiger partial charge in [-0.3, -0.25) is 4.79 Å². The van der Waals surface area contributed by atoms with Gasteiger partial charge in [0.05, 0.1) is 13.7 Å². The molecule has 6 nitrogen and oxygen atoms in total. The molecule has 7 heteroatoms. The number of sulfonamides is 1. The first kappa shape index (κ1) is 19.9. The largest absolute Gasteiger partial charge is 0.495 e. The van der Waals surface area contributed by atoms with Crippen molar-refractivity contribution in [3.8, 4) is 5.75 Å². The van der Waals surface area contributed by atoms with Gasteiger partial charge >= 0.3 is 0 Å². The van der Waals surface area contributed by atoms with Crippen LogP contribution in [0.2, 0.25) is 0 Å². The van der Waals surface area contributed by atoms with Crippen LogP contribution in [-0.2, 0) is 21.4 Å². The molecule has 0 bridgehead atoms. The lowest BCUT2D eigenvalue weighted by Crippen LogP contribution is -2.36. The Kier molecular flexibility index (Phi) is 6.39. The number of benzene rings is 2. The predicted molar refractivity (Wildman–Crippen MR) is 101 cm³/mol. The Morgan fingerprint density at radius 3 is 2.42 bits per heavy atom. The van der Waals surface area contributed by atoms with Gasteiger partial charge in [0.25, 0.3) is 0 Å². The summed E-state index contributed by atoms with van der Waals surface area (Å²) in [5.41, 5.74) is 3.81. The van der Waals surface area contributed by atoms with Crippen LogP contribution in [0.5, 0.6) is 5.75 Å². The van der Waals surface area contributed by atoms with Crippen LogP contribution in [0.25, 0.3) is 0 Å². The Balaban J connectivity index is 2.01. The molecule has 0 aliphatic heterocycles. The third kappa shape index (κ3) is 5.06. The maximum Gasteiger partial charge on any atom is 0.244 e. The minimum Gasteiger partial charge on any atom is -0.495 e. The molecular formula is C19H24N2O4S. The van der Waals surface area contributed by atoms with Crippen molar-refractivity contribution in [1.29, 1.82) is 0 Å². The number of ether oxygens (including phenoxy) is 1. The van der Waals surface area contributed by atoms with Gasteiger partial charge in [-0.1, -0.05) is 29.8 Å². The molecular weight excluding hydrogens is 352 g/mol. The van der Waals surface area contributed by atoms with Gasteiger partial charge in [-0.05, 0) is 49.6 Å². The predicted octanol–water partition coefficient (Wildman–Crippen LogP) is 2.22. The smallest absolute Gasteiger partial charge is 0.244 e. The fourth-order valence-electron chi connectivity index (χ4n) is 2.46. The van der Waals surface area contributed by atoms with E-state index in [1.807, 2.05) is 45.0 Å². The van der Waals surface area contributed by atoms with Crippen LogP contribution in [0.4, 0.5) is 0 Å². The van der Waals surface area contributed by atoms with E-state index in [0.29, 0.717) is 6.54 Å². The fraction of sp³-hybridized carbons (Fsp3) is 0.316. The highest BCUT2D eigenvalue weighted by molar-refractivity contribution is 7.89. The molecule has 2 N–H and O–H groups in total. The Bertz CT molecular complexity index is 908. The van der Waals surface area contributed by atoms with Gasteiger partial charge in [-0.25, -0.2) is 13.1 Å². The second kappa shape index (κ2) is 8.33. The minimum atomic E-state index is -3.86. The first-order valence-electron chi connectivity index (χ1n) is 8.20. The topological polar surface area (TPSA) is 84.5 Å². The second-order valence-corrected chi connectivity index (χ2v) is 7.91. The molecule has 0 heterocycles. The molecule has 26 heavy (non-hydrogen) atoms. The Morgan fingerprint density at radius 2 is 1.77 bits per heavy atom. The molecule has 0 fully saturated rings. The number of hydrogen-bond acceptors (Lipinski definition) is 4. The molecule has 0 aliphatic carbocycles. The number of aryl methyl sites for hydroxylation is 3. The lowest BCUT2D eigenvalue weighted by molar-refractivity contribution is -0.120. The molecule has 0 atom stereocenters. The number of hydrogen-bond donors (Lipinski definition) is 2. The van der Waals surface area contributed by atoms with Crippen LogP contribution in [0.3, 0.4) is 0 Å². The van der Waals surface area contributed by atoms with E-state index < -0.39 is 15.9 Å². The monoisotopic (exact) mass is 376 g/mol. The van der Waals surface area contributed by atoms with Crippen LogP contribution in [0, 0.1) is 20.8 Å². The van der Waals surface area contributed by atoms with Crippen LogP contribution in [-0.4, -0.2) is 28.0 Å². The average Bonchev–Trinajstić information content (AvgIpc) is 2.60. The Labute approximate surface area is 154 Å². The van der Waals surface area contributed by atoms with Crippen LogP contribution < -0.4 is 14.8 Å². The van der Waals surface area contributed by atoms with Crippen molar-refractivity contribution in [1.82, 2.24) is 10.0 Å². The van der Waals surface area contributed by atoms with E-state index >= 15 is 0 Å². The number of methoxy groups -OCH3 is 1. The summed E-state index contributed by atoms with van der Waals surface area (Å²) in [4.78, 5) is 12.0. The molecule has 2 rings (SSSR count). The molecule has 1 amide bonds. The molecule has 0 unspecified atom stereocenters. The zero-order valence-electron chi connectivity index (χ0n) is 15.4. The van der Waals surface area contributed by atoms with E-state index in [0.717, 1.165) is 22.3 Å². The van der Waals surface area contributed by atoms with E-state index in [9.17, 15) is 13.2 Å². The van der Waals surface area contributed by atoms with E-state index in [1.165, 1.54) is 7.11 Å². The standard InChI is InChI=1S/C19H24N2O4S/c1-13-6-5-7-16(8-13)11-20-19(22)12-21-26(23,24)18-10-15(3)14(2)9-17(18)25-4/h5-10,21H,11-12H2,1-4H3,(H,20,22). The molecule has 0 aromatic heterocycles. The second-order valence-electron chi connectivity index (χ2n) is 6.18. The highest BCUT2D eigenvalue weighted by atomic mass is 32.2.